The number of H-pyrrole nitrogens is 1. The number of hydrogen-bond acceptors (Lipinski definition) is 5. The summed E-state index contributed by atoms with van der Waals surface area (Å²) in [6, 6.07) is 1.55. The van der Waals surface area contributed by atoms with Crippen molar-refractivity contribution in [1.29, 1.82) is 0 Å². The number of nitrogens with zero attached hydrogens (tertiary/aromatic N) is 2. The molecule has 8 heteroatoms. The average molecular weight is 376 g/mol. The van der Waals surface area contributed by atoms with E-state index >= 15 is 0 Å². The molecule has 0 bridgehead atoms. The third kappa shape index (κ3) is 5.08. The minimum absolute atomic E-state index is 0.00879. The van der Waals surface area contributed by atoms with Crippen molar-refractivity contribution in [2.75, 3.05) is 13.1 Å². The highest BCUT2D eigenvalue weighted by Crippen LogP contribution is 2.22. The Kier molecular flexibility index (Phi) is 5.53. The fourth-order valence-electron chi connectivity index (χ4n) is 3.67. The molecule has 8 nitrogen and oxygen atoms in total. The van der Waals surface area contributed by atoms with Crippen molar-refractivity contribution >= 4 is 12.0 Å². The van der Waals surface area contributed by atoms with Gasteiger partial charge in [-0.1, -0.05) is 0 Å². The molecule has 0 radical (unpaired) electrons. The second-order valence-corrected chi connectivity index (χ2v) is 8.42. The van der Waals surface area contributed by atoms with Crippen LogP contribution in [-0.2, 0) is 22.4 Å². The standard InChI is InChI=1S/C19H28N4O4/c1-19(2,3)27-18(26)23-8-4-5-12(11-23)17(25)20-14-6-7-15-13(9-14)10-16(24)22-21-15/h10,12,14H,4-9,11H2,1-3H3,(H,20,25)(H,22,24). The molecular weight excluding hydrogens is 348 g/mol. The van der Waals surface area contributed by atoms with Gasteiger partial charge in [0.25, 0.3) is 5.56 Å². The van der Waals surface area contributed by atoms with Gasteiger partial charge in [-0.15, -0.1) is 0 Å². The zero-order valence-corrected chi connectivity index (χ0v) is 16.2. The molecule has 1 aliphatic carbocycles. The zero-order chi connectivity index (χ0) is 19.6. The van der Waals surface area contributed by atoms with Gasteiger partial charge < -0.3 is 15.0 Å². The molecule has 3 rings (SSSR count). The lowest BCUT2D eigenvalue weighted by Gasteiger charge is -2.34. The largest absolute Gasteiger partial charge is 0.444 e. The first-order valence-corrected chi connectivity index (χ1v) is 9.57. The van der Waals surface area contributed by atoms with Crippen LogP contribution >= 0.6 is 0 Å². The molecule has 1 aromatic heterocycles. The first kappa shape index (κ1) is 19.4. The molecule has 148 valence electrons. The number of ether oxygens (including phenoxy) is 1. The van der Waals surface area contributed by atoms with E-state index in [4.69, 9.17) is 4.74 Å². The number of likely N-dealkylation sites (tertiary alicyclic amines) is 1. The summed E-state index contributed by atoms with van der Waals surface area (Å²) in [6.45, 7) is 6.49. The second kappa shape index (κ2) is 7.70. The molecule has 2 aliphatic rings. The van der Waals surface area contributed by atoms with E-state index in [1.165, 1.54) is 0 Å². The van der Waals surface area contributed by atoms with E-state index in [0.717, 1.165) is 36.9 Å². The smallest absolute Gasteiger partial charge is 0.410 e. The molecule has 1 aliphatic heterocycles. The molecule has 1 fully saturated rings. The third-order valence-electron chi connectivity index (χ3n) is 4.96. The van der Waals surface area contributed by atoms with Gasteiger partial charge in [0.05, 0.1) is 11.6 Å². The summed E-state index contributed by atoms with van der Waals surface area (Å²) in [5, 5.41) is 9.63. The highest BCUT2D eigenvalue weighted by Gasteiger charge is 2.32. The van der Waals surface area contributed by atoms with E-state index < -0.39 is 5.60 Å². The third-order valence-corrected chi connectivity index (χ3v) is 4.96. The van der Waals surface area contributed by atoms with Crippen LogP contribution in [0.4, 0.5) is 4.79 Å². The number of hydrogen-bond donors (Lipinski definition) is 2. The van der Waals surface area contributed by atoms with Crippen LogP contribution in [0.1, 0.15) is 51.3 Å². The summed E-state index contributed by atoms with van der Waals surface area (Å²) in [6.07, 6.45) is 3.31. The van der Waals surface area contributed by atoms with Crippen LogP contribution in [0.3, 0.4) is 0 Å². The van der Waals surface area contributed by atoms with Gasteiger partial charge in [0.15, 0.2) is 0 Å². The monoisotopic (exact) mass is 376 g/mol. The number of fused-ring (bicyclic) bond motifs is 1. The predicted octanol–water partition coefficient (Wildman–Crippen LogP) is 1.39. The van der Waals surface area contributed by atoms with Crippen LogP contribution < -0.4 is 10.9 Å². The number of aryl methyl sites for hydroxylation is 1. The van der Waals surface area contributed by atoms with E-state index in [9.17, 15) is 14.4 Å². The maximum atomic E-state index is 12.7. The molecule has 0 aromatic carbocycles. The fraction of sp³-hybridized carbons (Fsp3) is 0.684. The molecule has 2 unspecified atom stereocenters. The van der Waals surface area contributed by atoms with Crippen LogP contribution in [-0.4, -0.2) is 51.8 Å². The number of aromatic amines is 1. The Hall–Kier alpha value is -2.38. The van der Waals surface area contributed by atoms with E-state index in [0.29, 0.717) is 19.5 Å². The van der Waals surface area contributed by atoms with Crippen molar-refractivity contribution in [3.05, 3.63) is 27.7 Å². The normalized spacial score (nSPS) is 22.7. The zero-order valence-electron chi connectivity index (χ0n) is 16.2. The summed E-state index contributed by atoms with van der Waals surface area (Å²) in [7, 11) is 0. The first-order valence-electron chi connectivity index (χ1n) is 9.57. The molecule has 1 aromatic rings. The minimum atomic E-state index is -0.548. The van der Waals surface area contributed by atoms with Crippen molar-refractivity contribution in [3.8, 4) is 0 Å². The minimum Gasteiger partial charge on any atom is -0.444 e. The molecule has 1 saturated heterocycles. The number of amides is 2. The van der Waals surface area contributed by atoms with Crippen molar-refractivity contribution < 1.29 is 14.3 Å². The lowest BCUT2D eigenvalue weighted by molar-refractivity contribution is -0.127. The predicted molar refractivity (Wildman–Crippen MR) is 99.3 cm³/mol. The maximum absolute atomic E-state index is 12.7. The molecule has 0 saturated carbocycles. The Morgan fingerprint density at radius 2 is 2.11 bits per heavy atom. The number of rotatable bonds is 2. The summed E-state index contributed by atoms with van der Waals surface area (Å²) in [4.78, 5) is 38.1. The van der Waals surface area contributed by atoms with Crippen LogP contribution in [0.5, 0.6) is 0 Å². The first-order chi connectivity index (χ1) is 12.7. The SMILES string of the molecule is CC(C)(C)OC(=O)N1CCCC(C(=O)NC2CCc3n[nH]c(=O)cc3C2)C1. The van der Waals surface area contributed by atoms with Gasteiger partial charge >= 0.3 is 6.09 Å². The fourth-order valence-corrected chi connectivity index (χ4v) is 3.67. The van der Waals surface area contributed by atoms with Gasteiger partial charge in [0.1, 0.15) is 5.60 Å². The Bertz CT molecular complexity index is 768. The van der Waals surface area contributed by atoms with E-state index in [2.05, 4.69) is 15.5 Å². The maximum Gasteiger partial charge on any atom is 0.410 e. The molecular formula is C19H28N4O4. The van der Waals surface area contributed by atoms with Crippen molar-refractivity contribution in [1.82, 2.24) is 20.4 Å². The second-order valence-electron chi connectivity index (χ2n) is 8.42. The average Bonchev–Trinajstić information content (AvgIpc) is 2.60. The summed E-state index contributed by atoms with van der Waals surface area (Å²) in [5.41, 5.74) is 1.03. The molecule has 2 heterocycles. The Balaban J connectivity index is 1.56. The topological polar surface area (TPSA) is 104 Å². The van der Waals surface area contributed by atoms with Crippen molar-refractivity contribution in [3.63, 3.8) is 0 Å². The van der Waals surface area contributed by atoms with Crippen LogP contribution in [0, 0.1) is 5.92 Å². The number of piperidine rings is 1. The van der Waals surface area contributed by atoms with Crippen molar-refractivity contribution in [2.24, 2.45) is 5.92 Å². The molecule has 0 spiro atoms. The van der Waals surface area contributed by atoms with E-state index in [1.807, 2.05) is 20.8 Å². The highest BCUT2D eigenvalue weighted by atomic mass is 16.6. The number of aromatic nitrogens is 2. The van der Waals surface area contributed by atoms with Crippen LogP contribution in [0.15, 0.2) is 10.9 Å². The van der Waals surface area contributed by atoms with Gasteiger partial charge in [-0.05, 0) is 58.4 Å². The quantitative estimate of drug-likeness (QED) is 0.812. The van der Waals surface area contributed by atoms with Gasteiger partial charge in [-0.25, -0.2) is 9.89 Å². The van der Waals surface area contributed by atoms with Crippen molar-refractivity contribution in [2.45, 2.75) is 64.5 Å². The number of nitrogens with one attached hydrogen (secondary N) is 2. The van der Waals surface area contributed by atoms with Crippen LogP contribution in [0.2, 0.25) is 0 Å². The molecule has 2 amide bonds. The Morgan fingerprint density at radius 3 is 2.85 bits per heavy atom. The van der Waals surface area contributed by atoms with Gasteiger partial charge in [-0.3, -0.25) is 9.59 Å². The Labute approximate surface area is 158 Å². The van der Waals surface area contributed by atoms with Crippen LogP contribution in [0.25, 0.3) is 0 Å². The summed E-state index contributed by atoms with van der Waals surface area (Å²) < 4.78 is 5.42. The Morgan fingerprint density at radius 1 is 1.33 bits per heavy atom. The number of carbonyl (C=O) groups excluding carboxylic acids is 2. The lowest BCUT2D eigenvalue weighted by atomic mass is 9.91. The molecule has 2 atom stereocenters. The van der Waals surface area contributed by atoms with E-state index in [1.54, 1.807) is 11.0 Å². The summed E-state index contributed by atoms with van der Waals surface area (Å²) in [5.74, 6) is -0.264. The van der Waals surface area contributed by atoms with E-state index in [-0.39, 0.29) is 29.5 Å². The molecule has 2 N–H and O–H groups in total. The highest BCUT2D eigenvalue weighted by molar-refractivity contribution is 5.80. The van der Waals surface area contributed by atoms with Gasteiger partial charge in [0.2, 0.25) is 5.91 Å². The van der Waals surface area contributed by atoms with Gasteiger partial charge in [-0.2, -0.15) is 5.10 Å². The lowest BCUT2D eigenvalue weighted by Crippen LogP contribution is -2.49. The van der Waals surface area contributed by atoms with Gasteiger partial charge in [0, 0.05) is 25.2 Å². The summed E-state index contributed by atoms with van der Waals surface area (Å²) >= 11 is 0. The number of carbonyl (C=O) groups is 2. The molecule has 27 heavy (non-hydrogen) atoms.